The first-order valence-electron chi connectivity index (χ1n) is 7.78. The van der Waals surface area contributed by atoms with Crippen LogP contribution in [0.4, 0.5) is 8.78 Å². The smallest absolute Gasteiger partial charge is 0.184 e. The van der Waals surface area contributed by atoms with Crippen LogP contribution < -0.4 is 0 Å². The van der Waals surface area contributed by atoms with E-state index in [0.717, 1.165) is 25.0 Å². The van der Waals surface area contributed by atoms with E-state index in [-0.39, 0.29) is 5.56 Å². The second-order valence-corrected chi connectivity index (χ2v) is 5.69. The fourth-order valence-electron chi connectivity index (χ4n) is 2.60. The second-order valence-electron chi connectivity index (χ2n) is 5.69. The van der Waals surface area contributed by atoms with Crippen LogP contribution in [-0.2, 0) is 9.47 Å². The Kier molecular flexibility index (Phi) is 6.29. The maximum atomic E-state index is 13.6. The molecular weight excluding hydrogens is 288 g/mol. The third-order valence-corrected chi connectivity index (χ3v) is 3.88. The number of benzene rings is 1. The first-order chi connectivity index (χ1) is 10.7. The largest absolute Gasteiger partial charge is 0.348 e. The second kappa shape index (κ2) is 8.21. The van der Waals surface area contributed by atoms with Gasteiger partial charge in [0.15, 0.2) is 6.29 Å². The summed E-state index contributed by atoms with van der Waals surface area (Å²) in [5, 5.41) is 8.66. The standard InChI is InChI=1S/C17H21F2NO2/c1-2-3-4-5-6-12-10-21-17(22-11-12)13-7-15(18)14(9-20)16(19)8-13/h7-8,12,17H,2-6,10-11H2,1H3. The van der Waals surface area contributed by atoms with Crippen molar-refractivity contribution in [3.63, 3.8) is 0 Å². The fourth-order valence-corrected chi connectivity index (χ4v) is 2.60. The molecule has 0 aliphatic carbocycles. The van der Waals surface area contributed by atoms with E-state index < -0.39 is 23.5 Å². The Balaban J connectivity index is 1.88. The zero-order chi connectivity index (χ0) is 15.9. The molecule has 1 heterocycles. The molecule has 0 amide bonds. The van der Waals surface area contributed by atoms with E-state index in [4.69, 9.17) is 14.7 Å². The molecule has 120 valence electrons. The molecular formula is C17H21F2NO2. The number of halogens is 2. The van der Waals surface area contributed by atoms with Gasteiger partial charge in [-0.1, -0.05) is 32.6 Å². The number of hydrogen-bond donors (Lipinski definition) is 0. The van der Waals surface area contributed by atoms with Crippen molar-refractivity contribution in [2.45, 2.75) is 45.3 Å². The lowest BCUT2D eigenvalue weighted by Gasteiger charge is -2.29. The molecule has 1 aromatic rings. The summed E-state index contributed by atoms with van der Waals surface area (Å²) in [6.07, 6.45) is 5.08. The zero-order valence-electron chi connectivity index (χ0n) is 12.8. The number of hydrogen-bond acceptors (Lipinski definition) is 3. The van der Waals surface area contributed by atoms with Crippen molar-refractivity contribution in [3.05, 3.63) is 34.9 Å². The van der Waals surface area contributed by atoms with Crippen molar-refractivity contribution >= 4 is 0 Å². The lowest BCUT2D eigenvalue weighted by atomic mass is 10.0. The number of unbranched alkanes of at least 4 members (excludes halogenated alkanes) is 3. The molecule has 3 nitrogen and oxygen atoms in total. The van der Waals surface area contributed by atoms with Crippen LogP contribution in [0.15, 0.2) is 12.1 Å². The van der Waals surface area contributed by atoms with Gasteiger partial charge in [0.25, 0.3) is 0 Å². The summed E-state index contributed by atoms with van der Waals surface area (Å²) in [6, 6.07) is 3.71. The van der Waals surface area contributed by atoms with Crippen molar-refractivity contribution in [3.8, 4) is 6.07 Å². The van der Waals surface area contributed by atoms with Crippen molar-refractivity contribution in [2.75, 3.05) is 13.2 Å². The minimum Gasteiger partial charge on any atom is -0.348 e. The van der Waals surface area contributed by atoms with Crippen molar-refractivity contribution in [2.24, 2.45) is 5.92 Å². The minimum absolute atomic E-state index is 0.276. The molecule has 0 bridgehead atoms. The van der Waals surface area contributed by atoms with Gasteiger partial charge in [-0.15, -0.1) is 0 Å². The van der Waals surface area contributed by atoms with E-state index in [0.29, 0.717) is 19.1 Å². The first-order valence-corrected chi connectivity index (χ1v) is 7.78. The van der Waals surface area contributed by atoms with Gasteiger partial charge in [-0.2, -0.15) is 5.26 Å². The number of nitriles is 1. The lowest BCUT2D eigenvalue weighted by Crippen LogP contribution is -2.27. The maximum absolute atomic E-state index is 13.6. The van der Waals surface area contributed by atoms with Crippen LogP contribution in [0, 0.1) is 28.9 Å². The summed E-state index contributed by atoms with van der Waals surface area (Å²) in [4.78, 5) is 0. The molecule has 1 aromatic carbocycles. The molecule has 1 fully saturated rings. The van der Waals surface area contributed by atoms with Crippen LogP contribution in [0.2, 0.25) is 0 Å². The monoisotopic (exact) mass is 309 g/mol. The van der Waals surface area contributed by atoms with Gasteiger partial charge in [0.05, 0.1) is 13.2 Å². The van der Waals surface area contributed by atoms with E-state index in [2.05, 4.69) is 6.92 Å². The Morgan fingerprint density at radius 3 is 2.32 bits per heavy atom. The van der Waals surface area contributed by atoms with Crippen LogP contribution in [0.5, 0.6) is 0 Å². The summed E-state index contributed by atoms with van der Waals surface area (Å²) in [7, 11) is 0. The fraction of sp³-hybridized carbons (Fsp3) is 0.588. The normalized spacial score (nSPS) is 21.5. The molecule has 0 atom stereocenters. The average molecular weight is 309 g/mol. The maximum Gasteiger partial charge on any atom is 0.184 e. The Hall–Kier alpha value is -1.51. The van der Waals surface area contributed by atoms with Gasteiger partial charge in [0, 0.05) is 11.5 Å². The van der Waals surface area contributed by atoms with Gasteiger partial charge < -0.3 is 9.47 Å². The third-order valence-electron chi connectivity index (χ3n) is 3.88. The van der Waals surface area contributed by atoms with E-state index >= 15 is 0 Å². The molecule has 0 radical (unpaired) electrons. The summed E-state index contributed by atoms with van der Waals surface area (Å²) >= 11 is 0. The van der Waals surface area contributed by atoms with E-state index in [9.17, 15) is 8.78 Å². The molecule has 22 heavy (non-hydrogen) atoms. The number of rotatable bonds is 6. The van der Waals surface area contributed by atoms with Gasteiger partial charge in [0.2, 0.25) is 0 Å². The van der Waals surface area contributed by atoms with Crippen molar-refractivity contribution in [1.29, 1.82) is 5.26 Å². The molecule has 0 spiro atoms. The first kappa shape index (κ1) is 16.9. The van der Waals surface area contributed by atoms with Crippen LogP contribution in [0.3, 0.4) is 0 Å². The molecule has 2 rings (SSSR count). The van der Waals surface area contributed by atoms with Gasteiger partial charge in [-0.3, -0.25) is 0 Å². The Bertz CT molecular complexity index is 511. The quantitative estimate of drug-likeness (QED) is 0.728. The number of nitrogens with zero attached hydrogens (tertiary/aromatic N) is 1. The Morgan fingerprint density at radius 1 is 1.14 bits per heavy atom. The lowest BCUT2D eigenvalue weighted by molar-refractivity contribution is -0.206. The molecule has 1 aliphatic heterocycles. The minimum atomic E-state index is -0.883. The predicted octanol–water partition coefficient (Wildman–Crippen LogP) is 4.47. The zero-order valence-corrected chi connectivity index (χ0v) is 12.8. The van der Waals surface area contributed by atoms with Crippen LogP contribution >= 0.6 is 0 Å². The molecule has 5 heteroatoms. The number of ether oxygens (including phenoxy) is 2. The molecule has 1 aliphatic rings. The van der Waals surface area contributed by atoms with Crippen molar-refractivity contribution in [1.82, 2.24) is 0 Å². The predicted molar refractivity (Wildman–Crippen MR) is 78.0 cm³/mol. The van der Waals surface area contributed by atoms with Gasteiger partial charge in [-0.25, -0.2) is 8.78 Å². The molecule has 0 saturated carbocycles. The van der Waals surface area contributed by atoms with E-state index in [1.807, 2.05) is 0 Å². The van der Waals surface area contributed by atoms with Gasteiger partial charge in [-0.05, 0) is 18.6 Å². The van der Waals surface area contributed by atoms with Crippen molar-refractivity contribution < 1.29 is 18.3 Å². The highest BCUT2D eigenvalue weighted by atomic mass is 19.1. The van der Waals surface area contributed by atoms with Gasteiger partial charge >= 0.3 is 0 Å². The van der Waals surface area contributed by atoms with Crippen LogP contribution in [0.1, 0.15) is 56.4 Å². The SMILES string of the molecule is CCCCCCC1COC(c2cc(F)c(C#N)c(F)c2)OC1. The Labute approximate surface area is 129 Å². The topological polar surface area (TPSA) is 42.2 Å². The molecule has 0 N–H and O–H groups in total. The van der Waals surface area contributed by atoms with Crippen LogP contribution in [0.25, 0.3) is 0 Å². The average Bonchev–Trinajstić information content (AvgIpc) is 2.52. The summed E-state index contributed by atoms with van der Waals surface area (Å²) in [5.74, 6) is -1.43. The molecule has 0 unspecified atom stereocenters. The third kappa shape index (κ3) is 4.25. The Morgan fingerprint density at radius 2 is 1.77 bits per heavy atom. The summed E-state index contributed by atoms with van der Waals surface area (Å²) < 4.78 is 38.4. The molecule has 1 saturated heterocycles. The highest BCUT2D eigenvalue weighted by Crippen LogP contribution is 2.29. The van der Waals surface area contributed by atoms with E-state index in [1.165, 1.54) is 25.3 Å². The molecule has 0 aromatic heterocycles. The highest BCUT2D eigenvalue weighted by molar-refractivity contribution is 5.35. The summed E-state index contributed by atoms with van der Waals surface area (Å²) in [5.41, 5.74) is -0.299. The summed E-state index contributed by atoms with van der Waals surface area (Å²) in [6.45, 7) is 3.23. The van der Waals surface area contributed by atoms with Gasteiger partial charge in [0.1, 0.15) is 23.3 Å². The van der Waals surface area contributed by atoms with E-state index in [1.54, 1.807) is 0 Å². The highest BCUT2D eigenvalue weighted by Gasteiger charge is 2.25. The van der Waals surface area contributed by atoms with Crippen LogP contribution in [-0.4, -0.2) is 13.2 Å².